The van der Waals surface area contributed by atoms with Gasteiger partial charge in [-0.2, -0.15) is 0 Å². The molecule has 1 aromatic heterocycles. The number of hydrogen-bond acceptors (Lipinski definition) is 7. The van der Waals surface area contributed by atoms with Crippen molar-refractivity contribution in [2.75, 3.05) is 12.4 Å². The highest BCUT2D eigenvalue weighted by molar-refractivity contribution is 9.10. The van der Waals surface area contributed by atoms with Crippen LogP contribution >= 0.6 is 28.7 Å². The molecule has 0 aliphatic heterocycles. The van der Waals surface area contributed by atoms with E-state index in [0.717, 1.165) is 0 Å². The molecule has 2 aromatic carbocycles. The van der Waals surface area contributed by atoms with Crippen LogP contribution in [-0.2, 0) is 11.2 Å². The molecule has 3 aromatic rings. The van der Waals surface area contributed by atoms with Crippen LogP contribution in [0.2, 0.25) is 0 Å². The Kier molecular flexibility index (Phi) is 6.83. The number of rotatable bonds is 6. The van der Waals surface area contributed by atoms with Crippen LogP contribution in [-0.4, -0.2) is 29.2 Å². The summed E-state index contributed by atoms with van der Waals surface area (Å²) >= 11 is 7.12. The number of halogens is 2. The molecule has 0 aliphatic rings. The Morgan fingerprint density at radius 3 is 2.83 bits per heavy atom. The number of nitrogens with one attached hydrogen (secondary N) is 2. The summed E-state index contributed by atoms with van der Waals surface area (Å²) in [5, 5.41) is 10.1. The van der Waals surface area contributed by atoms with E-state index in [2.05, 4.69) is 54.1 Å². The summed E-state index contributed by atoms with van der Waals surface area (Å²) in [6.45, 7) is 0. The number of benzene rings is 2. The lowest BCUT2D eigenvalue weighted by atomic mass is 10.1. The van der Waals surface area contributed by atoms with E-state index in [0.29, 0.717) is 17.0 Å². The zero-order valence-electron chi connectivity index (χ0n) is 15.0. The Balaban J connectivity index is 1.81. The zero-order valence-corrected chi connectivity index (χ0v) is 17.5. The highest BCUT2D eigenvalue weighted by atomic mass is 79.9. The third-order valence-corrected chi connectivity index (χ3v) is 4.58. The number of carbonyl (C=O) groups is 1. The van der Waals surface area contributed by atoms with E-state index in [-0.39, 0.29) is 34.1 Å². The minimum absolute atomic E-state index is 0.0575. The monoisotopic (exact) mass is 479 g/mol. The van der Waals surface area contributed by atoms with Crippen molar-refractivity contribution in [3.05, 3.63) is 64.0 Å². The molecular weight excluding hydrogens is 465 g/mol. The van der Waals surface area contributed by atoms with Crippen molar-refractivity contribution in [3.63, 3.8) is 0 Å². The topological polar surface area (TPSA) is 102 Å². The fourth-order valence-electron chi connectivity index (χ4n) is 2.44. The van der Waals surface area contributed by atoms with Crippen molar-refractivity contribution < 1.29 is 18.6 Å². The minimum atomic E-state index is -0.420. The molecule has 0 unspecified atom stereocenters. The van der Waals surface area contributed by atoms with Gasteiger partial charge >= 0.3 is 0 Å². The Labute approximate surface area is 179 Å². The lowest BCUT2D eigenvalue weighted by Gasteiger charge is -2.08. The van der Waals surface area contributed by atoms with Crippen molar-refractivity contribution in [2.24, 2.45) is 4.99 Å². The highest BCUT2D eigenvalue weighted by Gasteiger charge is 2.19. The Hall–Kier alpha value is -2.92. The van der Waals surface area contributed by atoms with Gasteiger partial charge in [-0.3, -0.25) is 4.79 Å². The number of methoxy groups -OCH3 is 1. The molecule has 8 nitrogen and oxygen atoms in total. The number of hydrogen-bond donors (Lipinski definition) is 3. The van der Waals surface area contributed by atoms with E-state index in [4.69, 9.17) is 9.37 Å². The molecule has 2 N–H and O–H groups in total. The average Bonchev–Trinajstić information content (AvgIpc) is 3.17. The smallest absolute Gasteiger partial charge is 0.230 e. The maximum Gasteiger partial charge on any atom is 0.230 e. The first kappa shape index (κ1) is 20.8. The minimum Gasteiger partial charge on any atom is -0.496 e. The second-order valence-electron chi connectivity index (χ2n) is 5.67. The molecule has 0 saturated carbocycles. The molecule has 3 rings (SSSR count). The molecule has 0 aliphatic carbocycles. The summed E-state index contributed by atoms with van der Waals surface area (Å²) in [6, 6.07) is 11.4. The molecule has 1 amide bonds. The van der Waals surface area contributed by atoms with Crippen LogP contribution in [0.3, 0.4) is 0 Å². The van der Waals surface area contributed by atoms with Gasteiger partial charge in [-0.1, -0.05) is 31.0 Å². The lowest BCUT2D eigenvalue weighted by molar-refractivity contribution is -0.115. The van der Waals surface area contributed by atoms with Gasteiger partial charge in [-0.15, -0.1) is 0 Å². The molecule has 0 bridgehead atoms. The van der Waals surface area contributed by atoms with E-state index in [1.54, 1.807) is 12.1 Å². The van der Waals surface area contributed by atoms with Gasteiger partial charge in [0.2, 0.25) is 11.7 Å². The lowest BCUT2D eigenvalue weighted by Crippen LogP contribution is -2.21. The quantitative estimate of drug-likeness (QED) is 0.283. The molecule has 0 spiro atoms. The summed E-state index contributed by atoms with van der Waals surface area (Å²) in [7, 11) is 1.53. The number of aliphatic imine (C=N–C) groups is 1. The average molecular weight is 480 g/mol. The first-order valence-electron chi connectivity index (χ1n) is 8.20. The predicted octanol–water partition coefficient (Wildman–Crippen LogP) is 3.67. The summed E-state index contributed by atoms with van der Waals surface area (Å²) in [6.07, 6.45) is 0.0575. The normalized spacial score (nSPS) is 11.2. The van der Waals surface area contributed by atoms with Gasteiger partial charge in [0.25, 0.3) is 0 Å². The zero-order chi connectivity index (χ0) is 20.8. The second kappa shape index (κ2) is 9.52. The second-order valence-corrected chi connectivity index (χ2v) is 6.75. The first-order chi connectivity index (χ1) is 14.0. The summed E-state index contributed by atoms with van der Waals surface area (Å²) in [5.74, 6) is 0.0422. The number of aromatic nitrogens is 2. The van der Waals surface area contributed by atoms with E-state index >= 15 is 0 Å². The van der Waals surface area contributed by atoms with Crippen molar-refractivity contribution in [2.45, 2.75) is 6.42 Å². The predicted molar refractivity (Wildman–Crippen MR) is 112 cm³/mol. The van der Waals surface area contributed by atoms with Gasteiger partial charge in [-0.25, -0.2) is 14.0 Å². The van der Waals surface area contributed by atoms with Crippen molar-refractivity contribution in [3.8, 4) is 5.75 Å². The number of para-hydroxylation sites is 1. The first-order valence-corrected chi connectivity index (χ1v) is 9.44. The van der Waals surface area contributed by atoms with Gasteiger partial charge in [0.1, 0.15) is 11.6 Å². The fraction of sp³-hybridized carbons (Fsp3) is 0.111. The van der Waals surface area contributed by atoms with Crippen molar-refractivity contribution in [1.82, 2.24) is 15.0 Å². The molecular formula is C18H15BrFN5O3S. The maximum atomic E-state index is 13.4. The molecule has 29 heavy (non-hydrogen) atoms. The maximum absolute atomic E-state index is 13.4. The van der Waals surface area contributed by atoms with E-state index in [1.807, 2.05) is 12.1 Å². The van der Waals surface area contributed by atoms with Crippen LogP contribution in [0.5, 0.6) is 5.75 Å². The van der Waals surface area contributed by atoms with Crippen LogP contribution in [0.4, 0.5) is 15.9 Å². The van der Waals surface area contributed by atoms with Gasteiger partial charge in [0, 0.05) is 5.56 Å². The number of amides is 1. The molecule has 0 saturated heterocycles. The third-order valence-electron chi connectivity index (χ3n) is 3.76. The fourth-order valence-corrected chi connectivity index (χ4v) is 2.96. The SMILES string of the molecule is COc1ccccc1CC(=O)Nc1nonc1C(=Nc1ccc(F)c(Br)c1)NS. The summed E-state index contributed by atoms with van der Waals surface area (Å²) in [4.78, 5) is 16.7. The summed E-state index contributed by atoms with van der Waals surface area (Å²) < 4.78 is 26.2. The molecule has 0 fully saturated rings. The van der Waals surface area contributed by atoms with Crippen LogP contribution in [0.15, 0.2) is 56.6 Å². The molecule has 1 heterocycles. The Bertz CT molecular complexity index is 1060. The van der Waals surface area contributed by atoms with Gasteiger partial charge in [-0.05, 0) is 50.5 Å². The highest BCUT2D eigenvalue weighted by Crippen LogP contribution is 2.24. The number of ether oxygens (including phenoxy) is 1. The van der Waals surface area contributed by atoms with Gasteiger partial charge in [0.05, 0.1) is 23.7 Å². The van der Waals surface area contributed by atoms with Gasteiger partial charge in [0.15, 0.2) is 11.5 Å². The van der Waals surface area contributed by atoms with E-state index in [9.17, 15) is 9.18 Å². The van der Waals surface area contributed by atoms with Crippen LogP contribution in [0, 0.1) is 5.82 Å². The van der Waals surface area contributed by atoms with Crippen LogP contribution < -0.4 is 14.8 Å². The third kappa shape index (κ3) is 5.12. The van der Waals surface area contributed by atoms with Crippen molar-refractivity contribution >= 4 is 52.0 Å². The molecule has 0 atom stereocenters. The molecule has 0 radical (unpaired) electrons. The summed E-state index contributed by atoms with van der Waals surface area (Å²) in [5.41, 5.74) is 1.26. The number of carbonyl (C=O) groups excluding carboxylic acids is 1. The van der Waals surface area contributed by atoms with Crippen LogP contribution in [0.25, 0.3) is 0 Å². The Morgan fingerprint density at radius 2 is 2.10 bits per heavy atom. The molecule has 150 valence electrons. The number of nitrogens with zero attached hydrogens (tertiary/aromatic N) is 3. The Morgan fingerprint density at radius 1 is 1.31 bits per heavy atom. The standard InChI is InChI=1S/C18H15BrFN5O3S/c1-27-14-5-3-2-4-10(14)8-15(26)22-17-16(23-28-24-17)18(25-29)21-11-6-7-13(20)12(19)9-11/h2-7,9,29H,8H2,1H3,(H,21,25)(H,22,24,26). The van der Waals surface area contributed by atoms with E-state index < -0.39 is 5.82 Å². The number of thiol groups is 1. The number of anilines is 1. The number of amidine groups is 1. The van der Waals surface area contributed by atoms with Crippen molar-refractivity contribution in [1.29, 1.82) is 0 Å². The largest absolute Gasteiger partial charge is 0.496 e. The van der Waals surface area contributed by atoms with E-state index in [1.165, 1.54) is 25.3 Å². The van der Waals surface area contributed by atoms with Gasteiger partial charge < -0.3 is 14.8 Å². The van der Waals surface area contributed by atoms with Crippen LogP contribution in [0.1, 0.15) is 11.3 Å². The molecule has 11 heteroatoms.